The molecule has 0 aromatic heterocycles. The van der Waals surface area contributed by atoms with Gasteiger partial charge in [-0.1, -0.05) is 48.5 Å². The molecule has 3 aliphatic rings. The van der Waals surface area contributed by atoms with E-state index in [0.717, 1.165) is 90.3 Å². The highest BCUT2D eigenvalue weighted by atomic mass is 16.3. The van der Waals surface area contributed by atoms with E-state index in [9.17, 15) is 10.2 Å². The lowest BCUT2D eigenvalue weighted by Gasteiger charge is -2.62. The SMILES string of the molecule is CN1CN(C)c2c3cccc(N)c3c(C3C([O-])C(c4c5ccccc5c5c6c(ccc(N)c46)N(C)CN5C)C3[O-])c3cccc1c23. The Morgan fingerprint density at radius 1 is 0.500 bits per heavy atom. The average molecular weight is 609 g/mol. The Labute approximate surface area is 267 Å². The van der Waals surface area contributed by atoms with Crippen LogP contribution in [0.4, 0.5) is 34.1 Å². The molecule has 2 unspecified atom stereocenters. The number of hydrogen-bond donors (Lipinski definition) is 2. The van der Waals surface area contributed by atoms with E-state index >= 15 is 0 Å². The average Bonchev–Trinajstić information content (AvgIpc) is 3.03. The second-order valence-corrected chi connectivity index (χ2v) is 13.5. The molecular weight excluding hydrogens is 572 g/mol. The fourth-order valence-corrected chi connectivity index (χ4v) is 9.07. The topological polar surface area (TPSA) is 111 Å². The molecule has 0 spiro atoms. The third-order valence-corrected chi connectivity index (χ3v) is 10.9. The first kappa shape index (κ1) is 27.4. The number of nitrogen functional groups attached to an aromatic ring is 2. The molecule has 1 fully saturated rings. The van der Waals surface area contributed by atoms with Gasteiger partial charge in [0.1, 0.15) is 0 Å². The van der Waals surface area contributed by atoms with E-state index in [1.54, 1.807) is 0 Å². The quantitative estimate of drug-likeness (QED) is 0.219. The Balaban J connectivity index is 1.32. The monoisotopic (exact) mass is 608 g/mol. The molecule has 0 amide bonds. The summed E-state index contributed by atoms with van der Waals surface area (Å²) in [6.45, 7) is 1.44. The molecule has 6 aromatic rings. The number of nitrogens with zero attached hydrogens (tertiary/aromatic N) is 4. The van der Waals surface area contributed by atoms with Crippen LogP contribution >= 0.6 is 0 Å². The highest BCUT2D eigenvalue weighted by molar-refractivity contribution is 6.23. The number of benzene rings is 6. The van der Waals surface area contributed by atoms with Crippen LogP contribution in [0, 0.1) is 0 Å². The van der Waals surface area contributed by atoms with Crippen molar-refractivity contribution in [2.24, 2.45) is 0 Å². The standard InChI is InChI=1S/C38H36N6O2/c1-41-17-44(4)36-22-12-7-13-23(39)27(22)30(21-11-8-14-25(41)28(21)36)34-37(45)33(38(34)46)29-19-9-5-6-10-20(19)35-32-26(42(2)18-43(35)3)16-15-24(40)31(29)32/h5-16,33-34,37-38H,17-18,39-40H2,1-4H3/q-2. The van der Waals surface area contributed by atoms with Gasteiger partial charge in [-0.05, 0) is 58.0 Å². The fraction of sp³-hybridized carbons (Fsp3) is 0.263. The van der Waals surface area contributed by atoms with Crippen molar-refractivity contribution in [3.63, 3.8) is 0 Å². The van der Waals surface area contributed by atoms with Crippen LogP contribution in [0.3, 0.4) is 0 Å². The molecule has 2 atom stereocenters. The van der Waals surface area contributed by atoms with Crippen molar-refractivity contribution in [2.75, 3.05) is 72.6 Å². The highest BCUT2D eigenvalue weighted by Crippen LogP contribution is 2.58. The molecule has 4 N–H and O–H groups in total. The summed E-state index contributed by atoms with van der Waals surface area (Å²) in [5.41, 5.74) is 20.6. The first-order valence-corrected chi connectivity index (χ1v) is 15.9. The van der Waals surface area contributed by atoms with E-state index in [1.807, 2.05) is 42.5 Å². The van der Waals surface area contributed by atoms with Crippen LogP contribution in [0.2, 0.25) is 0 Å². The van der Waals surface area contributed by atoms with Gasteiger partial charge < -0.3 is 41.3 Å². The van der Waals surface area contributed by atoms with Gasteiger partial charge in [0.2, 0.25) is 0 Å². The third kappa shape index (κ3) is 3.30. The Kier molecular flexibility index (Phi) is 5.55. The first-order valence-electron chi connectivity index (χ1n) is 15.9. The summed E-state index contributed by atoms with van der Waals surface area (Å²) < 4.78 is 0. The molecule has 6 aromatic carbocycles. The Bertz CT molecular complexity index is 2260. The first-order chi connectivity index (χ1) is 22.2. The predicted octanol–water partition coefficient (Wildman–Crippen LogP) is 4.49. The minimum Gasteiger partial charge on any atom is -0.851 e. The van der Waals surface area contributed by atoms with Crippen molar-refractivity contribution in [1.29, 1.82) is 0 Å². The third-order valence-electron chi connectivity index (χ3n) is 10.9. The number of hydrogen-bond acceptors (Lipinski definition) is 8. The summed E-state index contributed by atoms with van der Waals surface area (Å²) >= 11 is 0. The summed E-state index contributed by atoms with van der Waals surface area (Å²) in [6.07, 6.45) is -2.36. The smallest absolute Gasteiger partial charge is 0.0897 e. The summed E-state index contributed by atoms with van der Waals surface area (Å²) in [7, 11) is 8.30. The molecule has 0 radical (unpaired) electrons. The van der Waals surface area contributed by atoms with Gasteiger partial charge in [-0.3, -0.25) is 0 Å². The van der Waals surface area contributed by atoms with Crippen molar-refractivity contribution in [2.45, 2.75) is 24.0 Å². The van der Waals surface area contributed by atoms with Crippen LogP contribution in [0.1, 0.15) is 23.0 Å². The van der Waals surface area contributed by atoms with Crippen LogP contribution in [0.15, 0.2) is 72.8 Å². The molecule has 1 aliphatic carbocycles. The lowest BCUT2D eigenvalue weighted by atomic mass is 9.60. The maximum atomic E-state index is 14.9. The normalized spacial score (nSPS) is 22.4. The van der Waals surface area contributed by atoms with E-state index in [0.29, 0.717) is 11.4 Å². The maximum Gasteiger partial charge on any atom is 0.0897 e. The fourth-order valence-electron chi connectivity index (χ4n) is 9.07. The number of fused-ring (bicyclic) bond motifs is 4. The van der Waals surface area contributed by atoms with E-state index < -0.39 is 24.0 Å². The van der Waals surface area contributed by atoms with Gasteiger partial charge in [0.05, 0.1) is 24.7 Å². The molecule has 2 heterocycles. The second-order valence-electron chi connectivity index (χ2n) is 13.5. The molecule has 46 heavy (non-hydrogen) atoms. The zero-order valence-corrected chi connectivity index (χ0v) is 26.4. The van der Waals surface area contributed by atoms with Crippen LogP contribution in [-0.2, 0) is 0 Å². The van der Waals surface area contributed by atoms with E-state index in [-0.39, 0.29) is 0 Å². The molecule has 8 nitrogen and oxygen atoms in total. The zero-order valence-electron chi connectivity index (χ0n) is 26.4. The minimum absolute atomic E-state index is 0.591. The van der Waals surface area contributed by atoms with Crippen molar-refractivity contribution >= 4 is 77.2 Å². The van der Waals surface area contributed by atoms with Crippen molar-refractivity contribution in [3.05, 3.63) is 83.9 Å². The maximum absolute atomic E-state index is 14.9. The molecule has 1 saturated carbocycles. The number of rotatable bonds is 2. The molecule has 9 rings (SSSR count). The summed E-state index contributed by atoms with van der Waals surface area (Å²) in [5.74, 6) is -1.54. The van der Waals surface area contributed by atoms with Gasteiger partial charge in [-0.15, -0.1) is 12.2 Å². The number of anilines is 6. The van der Waals surface area contributed by atoms with Gasteiger partial charge in [0.25, 0.3) is 0 Å². The molecule has 2 aliphatic heterocycles. The Hall–Kier alpha value is -4.92. The molecular formula is C38H36N6O2-2. The van der Waals surface area contributed by atoms with Crippen molar-refractivity contribution < 1.29 is 10.2 Å². The van der Waals surface area contributed by atoms with Gasteiger partial charge in [-0.25, -0.2) is 0 Å². The Morgan fingerprint density at radius 2 is 1.02 bits per heavy atom. The van der Waals surface area contributed by atoms with Crippen LogP contribution in [-0.4, -0.2) is 53.7 Å². The summed E-state index contributed by atoms with van der Waals surface area (Å²) in [5, 5.41) is 37.4. The van der Waals surface area contributed by atoms with Crippen molar-refractivity contribution in [1.82, 2.24) is 0 Å². The molecule has 0 saturated heterocycles. The highest BCUT2D eigenvalue weighted by Gasteiger charge is 2.43. The largest absolute Gasteiger partial charge is 0.851 e. The van der Waals surface area contributed by atoms with E-state index in [4.69, 9.17) is 11.5 Å². The van der Waals surface area contributed by atoms with Gasteiger partial charge in [0.15, 0.2) is 0 Å². The lowest BCUT2D eigenvalue weighted by Crippen LogP contribution is -2.63. The summed E-state index contributed by atoms with van der Waals surface area (Å²) in [4.78, 5) is 8.86. The minimum atomic E-state index is -1.18. The van der Waals surface area contributed by atoms with Crippen molar-refractivity contribution in [3.8, 4) is 0 Å². The zero-order chi connectivity index (χ0) is 31.8. The van der Waals surface area contributed by atoms with E-state index in [1.165, 1.54) is 0 Å². The Morgan fingerprint density at radius 3 is 1.72 bits per heavy atom. The predicted molar refractivity (Wildman–Crippen MR) is 188 cm³/mol. The molecule has 232 valence electrons. The van der Waals surface area contributed by atoms with Gasteiger partial charge >= 0.3 is 0 Å². The van der Waals surface area contributed by atoms with Gasteiger partial charge in [-0.2, -0.15) is 0 Å². The number of nitrogens with two attached hydrogens (primary N) is 2. The van der Waals surface area contributed by atoms with E-state index in [2.05, 4.69) is 78.1 Å². The lowest BCUT2D eigenvalue weighted by molar-refractivity contribution is -0.535. The van der Waals surface area contributed by atoms with Crippen LogP contribution in [0.5, 0.6) is 0 Å². The summed E-state index contributed by atoms with van der Waals surface area (Å²) in [6, 6.07) is 24.3. The van der Waals surface area contributed by atoms with Crippen LogP contribution in [0.25, 0.3) is 43.1 Å². The molecule has 0 bridgehead atoms. The molecule has 8 heteroatoms. The van der Waals surface area contributed by atoms with Gasteiger partial charge in [0, 0.05) is 83.3 Å². The second kappa shape index (κ2) is 9.31. The van der Waals surface area contributed by atoms with Crippen LogP contribution < -0.4 is 41.3 Å².